The van der Waals surface area contributed by atoms with Crippen LogP contribution in [0, 0.1) is 0 Å². The number of carboxylic acid groups (broad SMARTS) is 1. The second-order valence-electron chi connectivity index (χ2n) is 6.55. The summed E-state index contributed by atoms with van der Waals surface area (Å²) in [5.74, 6) is 1.09. The van der Waals surface area contributed by atoms with Gasteiger partial charge in [0.2, 0.25) is 0 Å². The molecule has 0 amide bonds. The molecule has 2 aromatic carbocycles. The third-order valence-corrected chi connectivity index (χ3v) is 5.32. The summed E-state index contributed by atoms with van der Waals surface area (Å²) < 4.78 is 11.2. The monoisotopic (exact) mass is 414 g/mol. The molecule has 2 atom stereocenters. The number of thioether (sulfide) groups is 1. The molecule has 0 bridgehead atoms. The summed E-state index contributed by atoms with van der Waals surface area (Å²) in [6.07, 6.45) is -0.0415. The van der Waals surface area contributed by atoms with E-state index in [1.165, 1.54) is 6.92 Å². The van der Waals surface area contributed by atoms with Gasteiger partial charge in [0, 0.05) is 13.0 Å². The highest BCUT2D eigenvalue weighted by Gasteiger charge is 2.21. The van der Waals surface area contributed by atoms with Crippen molar-refractivity contribution in [1.29, 1.82) is 0 Å². The van der Waals surface area contributed by atoms with Gasteiger partial charge in [-0.1, -0.05) is 23.9 Å². The molecular weight excluding hydrogens is 392 g/mol. The molecule has 0 aliphatic carbocycles. The minimum Gasteiger partial charge on any atom is -0.497 e. The number of fused-ring (bicyclic) bond motifs is 1. The third kappa shape index (κ3) is 5.29. The number of imidazole rings is 1. The number of carbonyl (C=O) groups excluding carboxylic acids is 1. The first kappa shape index (κ1) is 20.7. The van der Waals surface area contributed by atoms with Crippen LogP contribution >= 0.6 is 11.8 Å². The van der Waals surface area contributed by atoms with Gasteiger partial charge in [0.15, 0.2) is 11.2 Å². The van der Waals surface area contributed by atoms with E-state index in [0.29, 0.717) is 11.6 Å². The largest absolute Gasteiger partial charge is 0.497 e. The lowest BCUT2D eigenvalue weighted by Gasteiger charge is -2.14. The Kier molecular flexibility index (Phi) is 6.43. The molecule has 1 heterocycles. The van der Waals surface area contributed by atoms with Crippen LogP contribution < -0.4 is 9.47 Å². The molecule has 8 heteroatoms. The van der Waals surface area contributed by atoms with E-state index in [1.54, 1.807) is 19.2 Å². The van der Waals surface area contributed by atoms with Crippen LogP contribution in [0.25, 0.3) is 11.0 Å². The average molecular weight is 414 g/mol. The Labute approximate surface area is 172 Å². The molecule has 0 spiro atoms. The van der Waals surface area contributed by atoms with Crippen molar-refractivity contribution in [2.24, 2.45) is 0 Å². The van der Waals surface area contributed by atoms with Gasteiger partial charge in [-0.15, -0.1) is 0 Å². The predicted molar refractivity (Wildman–Crippen MR) is 112 cm³/mol. The van der Waals surface area contributed by atoms with E-state index in [2.05, 4.69) is 9.97 Å². The number of aromatic nitrogens is 2. The fraction of sp³-hybridized carbons (Fsp3) is 0.286. The van der Waals surface area contributed by atoms with E-state index in [1.807, 2.05) is 37.3 Å². The van der Waals surface area contributed by atoms with Crippen molar-refractivity contribution >= 4 is 33.9 Å². The van der Waals surface area contributed by atoms with E-state index in [9.17, 15) is 14.7 Å². The molecule has 2 unspecified atom stereocenters. The summed E-state index contributed by atoms with van der Waals surface area (Å²) in [6, 6.07) is 12.8. The Morgan fingerprint density at radius 2 is 1.86 bits per heavy atom. The molecule has 0 saturated carbocycles. The first-order chi connectivity index (χ1) is 13.9. The van der Waals surface area contributed by atoms with E-state index in [0.717, 1.165) is 34.1 Å². The number of carboxylic acids is 1. The average Bonchev–Trinajstić information content (AvgIpc) is 3.11. The Morgan fingerprint density at radius 3 is 2.48 bits per heavy atom. The van der Waals surface area contributed by atoms with E-state index >= 15 is 0 Å². The maximum Gasteiger partial charge on any atom is 0.317 e. The number of hydrogen-bond acceptors (Lipinski definition) is 6. The molecule has 152 valence electrons. The van der Waals surface area contributed by atoms with Gasteiger partial charge >= 0.3 is 5.97 Å². The molecule has 3 aromatic rings. The number of carbonyl (C=O) groups is 2. The molecule has 7 nitrogen and oxygen atoms in total. The fourth-order valence-corrected chi connectivity index (χ4v) is 3.66. The Morgan fingerprint density at radius 1 is 1.17 bits per heavy atom. The zero-order valence-electron chi connectivity index (χ0n) is 16.3. The third-order valence-electron chi connectivity index (χ3n) is 4.33. The van der Waals surface area contributed by atoms with Gasteiger partial charge in [0.05, 0.1) is 18.1 Å². The lowest BCUT2D eigenvalue weighted by molar-refractivity contribution is -0.136. The second kappa shape index (κ2) is 9.00. The molecule has 29 heavy (non-hydrogen) atoms. The van der Waals surface area contributed by atoms with E-state index in [4.69, 9.17) is 9.47 Å². The molecule has 0 radical (unpaired) electrons. The van der Waals surface area contributed by atoms with Crippen LogP contribution in [0.4, 0.5) is 0 Å². The highest BCUT2D eigenvalue weighted by Crippen LogP contribution is 2.25. The number of rotatable bonds is 8. The predicted octanol–water partition coefficient (Wildman–Crippen LogP) is 3.99. The van der Waals surface area contributed by atoms with Crippen molar-refractivity contribution in [3.05, 3.63) is 53.9 Å². The van der Waals surface area contributed by atoms with Crippen LogP contribution in [0.2, 0.25) is 0 Å². The number of H-pyrrole nitrogens is 1. The van der Waals surface area contributed by atoms with Crippen molar-refractivity contribution in [2.45, 2.75) is 31.6 Å². The number of benzene rings is 2. The summed E-state index contributed by atoms with van der Waals surface area (Å²) in [5, 5.41) is 8.25. The van der Waals surface area contributed by atoms with Crippen molar-refractivity contribution < 1.29 is 24.2 Å². The van der Waals surface area contributed by atoms with Crippen LogP contribution in [0.15, 0.2) is 42.5 Å². The molecule has 3 rings (SSSR count). The number of aromatic amines is 1. The van der Waals surface area contributed by atoms with Gasteiger partial charge in [-0.2, -0.15) is 0 Å². The summed E-state index contributed by atoms with van der Waals surface area (Å²) in [6.45, 7) is 3.26. The lowest BCUT2D eigenvalue weighted by atomic mass is 10.1. The molecule has 0 aliphatic heterocycles. The lowest BCUT2D eigenvalue weighted by Crippen LogP contribution is -2.20. The number of hydrogen-bond donors (Lipinski definition) is 2. The Balaban J connectivity index is 1.67. The standard InChI is InChI=1S/C21H22N2O5S/c1-12(20-22-17-9-8-16(27-3)11-18(17)23-20)28-15-6-4-14(5-7-15)10-19(21(25)26)29-13(2)24/h4-9,11-12,19H,10H2,1-3H3,(H,22,23)(H,25,26). The van der Waals surface area contributed by atoms with Crippen LogP contribution in [0.5, 0.6) is 11.5 Å². The topological polar surface area (TPSA) is 102 Å². The van der Waals surface area contributed by atoms with Gasteiger partial charge in [0.1, 0.15) is 22.6 Å². The zero-order valence-corrected chi connectivity index (χ0v) is 17.2. The van der Waals surface area contributed by atoms with Crippen LogP contribution in [0.1, 0.15) is 31.3 Å². The molecule has 1 aromatic heterocycles. The summed E-state index contributed by atoms with van der Waals surface area (Å²) in [5.41, 5.74) is 2.52. The van der Waals surface area contributed by atoms with Crippen LogP contribution in [-0.4, -0.2) is 38.5 Å². The van der Waals surface area contributed by atoms with Crippen molar-refractivity contribution in [3.8, 4) is 11.5 Å². The maximum absolute atomic E-state index is 11.3. The van der Waals surface area contributed by atoms with Crippen LogP contribution in [-0.2, 0) is 16.0 Å². The number of methoxy groups -OCH3 is 1. The second-order valence-corrected chi connectivity index (χ2v) is 7.93. The maximum atomic E-state index is 11.3. The molecule has 0 aliphatic rings. The quantitative estimate of drug-likeness (QED) is 0.575. The number of ether oxygens (including phenoxy) is 2. The van der Waals surface area contributed by atoms with Gasteiger partial charge < -0.3 is 19.6 Å². The minimum atomic E-state index is -0.999. The Bertz CT molecular complexity index is 1020. The summed E-state index contributed by atoms with van der Waals surface area (Å²) in [7, 11) is 1.62. The molecule has 2 N–H and O–H groups in total. The zero-order chi connectivity index (χ0) is 21.0. The van der Waals surface area contributed by atoms with Crippen LogP contribution in [0.3, 0.4) is 0 Å². The van der Waals surface area contributed by atoms with Gasteiger partial charge in [0.25, 0.3) is 0 Å². The molecule has 0 fully saturated rings. The van der Waals surface area contributed by atoms with E-state index < -0.39 is 11.2 Å². The van der Waals surface area contributed by atoms with Gasteiger partial charge in [-0.3, -0.25) is 9.59 Å². The highest BCUT2D eigenvalue weighted by molar-refractivity contribution is 8.14. The fourth-order valence-electron chi connectivity index (χ4n) is 2.89. The molecule has 0 saturated heterocycles. The van der Waals surface area contributed by atoms with Crippen molar-refractivity contribution in [3.63, 3.8) is 0 Å². The normalized spacial score (nSPS) is 13.1. The summed E-state index contributed by atoms with van der Waals surface area (Å²) in [4.78, 5) is 30.3. The van der Waals surface area contributed by atoms with Crippen molar-refractivity contribution in [1.82, 2.24) is 9.97 Å². The first-order valence-corrected chi connectivity index (χ1v) is 9.93. The summed E-state index contributed by atoms with van der Waals surface area (Å²) >= 11 is 0.828. The number of nitrogens with zero attached hydrogens (tertiary/aromatic N) is 1. The smallest absolute Gasteiger partial charge is 0.317 e. The first-order valence-electron chi connectivity index (χ1n) is 9.05. The number of aliphatic carboxylic acids is 1. The number of nitrogens with one attached hydrogen (secondary N) is 1. The van der Waals surface area contributed by atoms with Gasteiger partial charge in [-0.25, -0.2) is 4.98 Å². The molecular formula is C21H22N2O5S. The Hall–Kier alpha value is -3.00. The van der Waals surface area contributed by atoms with Gasteiger partial charge in [-0.05, 0) is 43.2 Å². The van der Waals surface area contributed by atoms with Crippen molar-refractivity contribution in [2.75, 3.05) is 7.11 Å². The van der Waals surface area contributed by atoms with E-state index in [-0.39, 0.29) is 17.6 Å². The minimum absolute atomic E-state index is 0.213. The highest BCUT2D eigenvalue weighted by atomic mass is 32.2. The SMILES string of the molecule is COc1ccc2nc(C(C)Oc3ccc(CC(SC(C)=O)C(=O)O)cc3)[nH]c2c1.